The van der Waals surface area contributed by atoms with Crippen LogP contribution in [0.2, 0.25) is 0 Å². The fourth-order valence-electron chi connectivity index (χ4n) is 2.20. The fraction of sp³-hybridized carbons (Fsp3) is 0.714. The summed E-state index contributed by atoms with van der Waals surface area (Å²) in [7, 11) is 0. The van der Waals surface area contributed by atoms with Crippen molar-refractivity contribution < 1.29 is 0 Å². The van der Waals surface area contributed by atoms with Crippen molar-refractivity contribution in [1.29, 1.82) is 0 Å². The molecular weight excluding hydrogens is 238 g/mol. The summed E-state index contributed by atoms with van der Waals surface area (Å²) in [6.45, 7) is 12.7. The zero-order chi connectivity index (χ0) is 13.7. The molecule has 19 heavy (non-hydrogen) atoms. The Morgan fingerprint density at radius 2 is 1.89 bits per heavy atom. The van der Waals surface area contributed by atoms with Crippen molar-refractivity contribution in [1.82, 2.24) is 20.2 Å². The topological polar surface area (TPSA) is 44.3 Å². The maximum Gasteiger partial charge on any atom is 0.147 e. The van der Waals surface area contributed by atoms with Crippen LogP contribution in [0.4, 0.5) is 5.82 Å². The zero-order valence-corrected chi connectivity index (χ0v) is 12.3. The molecular formula is C14H25N5. The predicted octanol–water partition coefficient (Wildman–Crippen LogP) is 1.12. The lowest BCUT2D eigenvalue weighted by Crippen LogP contribution is -2.46. The monoisotopic (exact) mass is 263 g/mol. The summed E-state index contributed by atoms with van der Waals surface area (Å²) in [4.78, 5) is 13.8. The van der Waals surface area contributed by atoms with Gasteiger partial charge in [0.15, 0.2) is 0 Å². The molecule has 106 valence electrons. The van der Waals surface area contributed by atoms with Gasteiger partial charge >= 0.3 is 0 Å². The molecule has 2 rings (SSSR count). The molecule has 0 atom stereocenters. The van der Waals surface area contributed by atoms with Crippen molar-refractivity contribution in [3.05, 3.63) is 18.1 Å². The SMILES string of the molecule is CCN1CCN(c2cnc(CNC(C)C)cn2)CC1. The second-order valence-corrected chi connectivity index (χ2v) is 5.32. The first kappa shape index (κ1) is 14.2. The van der Waals surface area contributed by atoms with Gasteiger partial charge in [-0.25, -0.2) is 4.98 Å². The highest BCUT2D eigenvalue weighted by Crippen LogP contribution is 2.12. The zero-order valence-electron chi connectivity index (χ0n) is 12.3. The fourth-order valence-corrected chi connectivity index (χ4v) is 2.20. The third-order valence-corrected chi connectivity index (χ3v) is 3.53. The molecule has 1 fully saturated rings. The lowest BCUT2D eigenvalue weighted by atomic mass is 10.3. The first-order chi connectivity index (χ1) is 9.19. The molecule has 1 aromatic rings. The Morgan fingerprint density at radius 3 is 2.42 bits per heavy atom. The maximum atomic E-state index is 4.54. The summed E-state index contributed by atoms with van der Waals surface area (Å²) < 4.78 is 0. The minimum Gasteiger partial charge on any atom is -0.353 e. The van der Waals surface area contributed by atoms with Gasteiger partial charge < -0.3 is 15.1 Å². The summed E-state index contributed by atoms with van der Waals surface area (Å²) in [6, 6.07) is 0.476. The molecule has 5 heteroatoms. The highest BCUT2D eigenvalue weighted by atomic mass is 15.3. The third-order valence-electron chi connectivity index (χ3n) is 3.53. The Morgan fingerprint density at radius 1 is 1.16 bits per heavy atom. The maximum absolute atomic E-state index is 4.54. The van der Waals surface area contributed by atoms with E-state index in [1.165, 1.54) is 0 Å². The predicted molar refractivity (Wildman–Crippen MR) is 78.3 cm³/mol. The van der Waals surface area contributed by atoms with Crippen molar-refractivity contribution in [2.75, 3.05) is 37.6 Å². The smallest absolute Gasteiger partial charge is 0.147 e. The van der Waals surface area contributed by atoms with Gasteiger partial charge in [-0.15, -0.1) is 0 Å². The van der Waals surface area contributed by atoms with Crippen LogP contribution in [-0.4, -0.2) is 53.6 Å². The summed E-state index contributed by atoms with van der Waals surface area (Å²) in [6.07, 6.45) is 3.79. The molecule has 0 aliphatic carbocycles. The molecule has 1 N–H and O–H groups in total. The highest BCUT2D eigenvalue weighted by Gasteiger charge is 2.16. The standard InChI is InChI=1S/C14H25N5/c1-4-18-5-7-19(8-6-18)14-11-16-13(10-17-14)9-15-12(2)3/h10-12,15H,4-9H2,1-3H3. The van der Waals surface area contributed by atoms with Crippen LogP contribution in [0.25, 0.3) is 0 Å². The average Bonchev–Trinajstić information content (AvgIpc) is 2.46. The van der Waals surface area contributed by atoms with Gasteiger partial charge in [-0.1, -0.05) is 20.8 Å². The number of hydrogen-bond acceptors (Lipinski definition) is 5. The number of aromatic nitrogens is 2. The van der Waals surface area contributed by atoms with E-state index in [4.69, 9.17) is 0 Å². The molecule has 0 aromatic carbocycles. The van der Waals surface area contributed by atoms with E-state index in [9.17, 15) is 0 Å². The quantitative estimate of drug-likeness (QED) is 0.862. The molecule has 0 spiro atoms. The van der Waals surface area contributed by atoms with Gasteiger partial charge in [0, 0.05) is 38.8 Å². The van der Waals surface area contributed by atoms with Gasteiger partial charge in [0.2, 0.25) is 0 Å². The number of anilines is 1. The van der Waals surface area contributed by atoms with Crippen molar-refractivity contribution in [3.8, 4) is 0 Å². The Kier molecular flexibility index (Phi) is 5.10. The van der Waals surface area contributed by atoms with Gasteiger partial charge in [-0.2, -0.15) is 0 Å². The van der Waals surface area contributed by atoms with Crippen molar-refractivity contribution in [2.45, 2.75) is 33.4 Å². The van der Waals surface area contributed by atoms with E-state index in [2.05, 4.69) is 45.9 Å². The first-order valence-corrected chi connectivity index (χ1v) is 7.20. The summed E-state index contributed by atoms with van der Waals surface area (Å²) in [5.74, 6) is 1.00. The van der Waals surface area contributed by atoms with Gasteiger partial charge in [-0.05, 0) is 6.54 Å². The van der Waals surface area contributed by atoms with Crippen molar-refractivity contribution in [3.63, 3.8) is 0 Å². The van der Waals surface area contributed by atoms with E-state index in [1.54, 1.807) is 0 Å². The number of piperazine rings is 1. The second kappa shape index (κ2) is 6.82. The minimum absolute atomic E-state index is 0.476. The molecule has 1 aliphatic heterocycles. The Hall–Kier alpha value is -1.20. The summed E-state index contributed by atoms with van der Waals surface area (Å²) in [5.41, 5.74) is 1.00. The molecule has 1 aliphatic rings. The van der Waals surface area contributed by atoms with Gasteiger partial charge in [0.1, 0.15) is 5.82 Å². The van der Waals surface area contributed by atoms with E-state index in [0.717, 1.165) is 50.8 Å². The molecule has 1 saturated heterocycles. The average molecular weight is 263 g/mol. The highest BCUT2D eigenvalue weighted by molar-refractivity contribution is 5.36. The molecule has 0 unspecified atom stereocenters. The summed E-state index contributed by atoms with van der Waals surface area (Å²) in [5, 5.41) is 3.35. The van der Waals surface area contributed by atoms with Crippen LogP contribution in [-0.2, 0) is 6.54 Å². The van der Waals surface area contributed by atoms with E-state index < -0.39 is 0 Å². The minimum atomic E-state index is 0.476. The third kappa shape index (κ3) is 4.14. The number of nitrogens with zero attached hydrogens (tertiary/aromatic N) is 4. The summed E-state index contributed by atoms with van der Waals surface area (Å²) >= 11 is 0. The van der Waals surface area contributed by atoms with Crippen LogP contribution >= 0.6 is 0 Å². The largest absolute Gasteiger partial charge is 0.353 e. The molecule has 2 heterocycles. The first-order valence-electron chi connectivity index (χ1n) is 7.20. The van der Waals surface area contributed by atoms with Crippen molar-refractivity contribution in [2.24, 2.45) is 0 Å². The second-order valence-electron chi connectivity index (χ2n) is 5.32. The Balaban J connectivity index is 1.88. The lowest BCUT2D eigenvalue weighted by molar-refractivity contribution is 0.270. The number of hydrogen-bond donors (Lipinski definition) is 1. The lowest BCUT2D eigenvalue weighted by Gasteiger charge is -2.34. The molecule has 0 radical (unpaired) electrons. The number of likely N-dealkylation sites (N-methyl/N-ethyl adjacent to an activating group) is 1. The van der Waals surface area contributed by atoms with E-state index >= 15 is 0 Å². The number of rotatable bonds is 5. The van der Waals surface area contributed by atoms with Crippen LogP contribution in [0, 0.1) is 0 Å². The Bertz CT molecular complexity index is 368. The van der Waals surface area contributed by atoms with Crippen LogP contribution in [0.3, 0.4) is 0 Å². The molecule has 1 aromatic heterocycles. The van der Waals surface area contributed by atoms with Crippen molar-refractivity contribution >= 4 is 5.82 Å². The normalized spacial score (nSPS) is 17.2. The van der Waals surface area contributed by atoms with E-state index in [-0.39, 0.29) is 0 Å². The van der Waals surface area contributed by atoms with Gasteiger partial charge in [-0.3, -0.25) is 4.98 Å². The van der Waals surface area contributed by atoms with Gasteiger partial charge in [0.05, 0.1) is 18.1 Å². The number of nitrogens with one attached hydrogen (secondary N) is 1. The molecule has 0 bridgehead atoms. The van der Waals surface area contributed by atoms with Crippen LogP contribution in [0.5, 0.6) is 0 Å². The molecule has 0 amide bonds. The van der Waals surface area contributed by atoms with Crippen LogP contribution in [0.15, 0.2) is 12.4 Å². The van der Waals surface area contributed by atoms with E-state index in [0.29, 0.717) is 6.04 Å². The van der Waals surface area contributed by atoms with E-state index in [1.807, 2.05) is 12.4 Å². The Labute approximate surface area is 116 Å². The van der Waals surface area contributed by atoms with Crippen LogP contribution < -0.4 is 10.2 Å². The van der Waals surface area contributed by atoms with Gasteiger partial charge in [0.25, 0.3) is 0 Å². The molecule has 0 saturated carbocycles. The van der Waals surface area contributed by atoms with Crippen LogP contribution in [0.1, 0.15) is 26.5 Å². The molecule has 5 nitrogen and oxygen atoms in total.